The van der Waals surface area contributed by atoms with Gasteiger partial charge in [-0.25, -0.2) is 8.42 Å². The predicted molar refractivity (Wildman–Crippen MR) is 84.9 cm³/mol. The molecule has 1 unspecified atom stereocenters. The summed E-state index contributed by atoms with van der Waals surface area (Å²) >= 11 is 0. The topological polar surface area (TPSA) is 62.6 Å². The SMILES string of the molecule is CCCC(C)N(C)S(=O)(=O)c1c(C)oc(C)c1CNCC. The molecule has 1 heterocycles. The Bertz CT molecular complexity index is 564. The highest BCUT2D eigenvalue weighted by atomic mass is 32.2. The number of nitrogens with zero attached hydrogens (tertiary/aromatic N) is 1. The second-order valence-electron chi connectivity index (χ2n) is 5.46. The highest BCUT2D eigenvalue weighted by Gasteiger charge is 2.32. The molecule has 1 rings (SSSR count). The number of sulfonamides is 1. The number of rotatable bonds is 8. The zero-order valence-electron chi connectivity index (χ0n) is 14.0. The molecule has 5 nitrogen and oxygen atoms in total. The second kappa shape index (κ2) is 7.42. The summed E-state index contributed by atoms with van der Waals surface area (Å²) in [4.78, 5) is 0.325. The molecule has 0 radical (unpaired) electrons. The van der Waals surface area contributed by atoms with Gasteiger partial charge >= 0.3 is 0 Å². The van der Waals surface area contributed by atoms with E-state index in [2.05, 4.69) is 12.2 Å². The van der Waals surface area contributed by atoms with Gasteiger partial charge < -0.3 is 9.73 Å². The molecule has 6 heteroatoms. The quantitative estimate of drug-likeness (QED) is 0.801. The molecule has 0 spiro atoms. The van der Waals surface area contributed by atoms with Gasteiger partial charge in [0.25, 0.3) is 0 Å². The largest absolute Gasteiger partial charge is 0.465 e. The number of nitrogens with one attached hydrogen (secondary N) is 1. The van der Waals surface area contributed by atoms with Crippen LogP contribution in [0.1, 0.15) is 50.7 Å². The molecule has 0 bridgehead atoms. The van der Waals surface area contributed by atoms with Gasteiger partial charge in [-0.3, -0.25) is 0 Å². The number of hydrogen-bond donors (Lipinski definition) is 1. The molecule has 1 N–H and O–H groups in total. The van der Waals surface area contributed by atoms with E-state index in [1.54, 1.807) is 14.0 Å². The van der Waals surface area contributed by atoms with Crippen molar-refractivity contribution in [2.75, 3.05) is 13.6 Å². The minimum atomic E-state index is -3.53. The molecule has 1 atom stereocenters. The van der Waals surface area contributed by atoms with Gasteiger partial charge in [0.05, 0.1) is 0 Å². The Kier molecular flexibility index (Phi) is 6.43. The van der Waals surface area contributed by atoms with E-state index in [4.69, 9.17) is 4.42 Å². The second-order valence-corrected chi connectivity index (χ2v) is 7.40. The lowest BCUT2D eigenvalue weighted by molar-refractivity contribution is 0.367. The Balaban J connectivity index is 3.24. The molecule has 0 aliphatic carbocycles. The smallest absolute Gasteiger partial charge is 0.246 e. The van der Waals surface area contributed by atoms with Crippen LogP contribution in [0.4, 0.5) is 0 Å². The fourth-order valence-electron chi connectivity index (χ4n) is 2.48. The summed E-state index contributed by atoms with van der Waals surface area (Å²) in [5.41, 5.74) is 0.741. The molecule has 0 aromatic carbocycles. The summed E-state index contributed by atoms with van der Waals surface area (Å²) in [6.07, 6.45) is 1.79. The highest BCUT2D eigenvalue weighted by Crippen LogP contribution is 2.30. The summed E-state index contributed by atoms with van der Waals surface area (Å²) in [7, 11) is -1.88. The summed E-state index contributed by atoms with van der Waals surface area (Å²) in [6, 6.07) is -0.0263. The van der Waals surface area contributed by atoms with E-state index in [1.165, 1.54) is 4.31 Å². The van der Waals surface area contributed by atoms with E-state index in [1.807, 2.05) is 20.8 Å². The zero-order valence-corrected chi connectivity index (χ0v) is 14.8. The summed E-state index contributed by atoms with van der Waals surface area (Å²) < 4.78 is 32.8. The lowest BCUT2D eigenvalue weighted by Gasteiger charge is -2.24. The minimum absolute atomic E-state index is 0.0263. The van der Waals surface area contributed by atoms with Crippen LogP contribution in [0.3, 0.4) is 0 Å². The van der Waals surface area contributed by atoms with Crippen molar-refractivity contribution in [2.24, 2.45) is 0 Å². The molecule has 0 saturated heterocycles. The van der Waals surface area contributed by atoms with Crippen molar-refractivity contribution >= 4 is 10.0 Å². The predicted octanol–water partition coefficient (Wildman–Crippen LogP) is 2.82. The van der Waals surface area contributed by atoms with Crippen LogP contribution >= 0.6 is 0 Å². The Hall–Kier alpha value is -0.850. The van der Waals surface area contributed by atoms with Gasteiger partial charge in [-0.05, 0) is 33.7 Å². The maximum atomic E-state index is 12.9. The number of aryl methyl sites for hydroxylation is 2. The maximum Gasteiger partial charge on any atom is 0.246 e. The molecule has 0 fully saturated rings. The number of hydrogen-bond acceptors (Lipinski definition) is 4. The van der Waals surface area contributed by atoms with Crippen LogP contribution in [0.15, 0.2) is 9.31 Å². The van der Waals surface area contributed by atoms with Crippen molar-refractivity contribution in [1.29, 1.82) is 0 Å². The summed E-state index contributed by atoms with van der Waals surface area (Å²) in [5.74, 6) is 1.14. The lowest BCUT2D eigenvalue weighted by atomic mass is 10.2. The van der Waals surface area contributed by atoms with Crippen molar-refractivity contribution < 1.29 is 12.8 Å². The van der Waals surface area contributed by atoms with Crippen LogP contribution in [-0.4, -0.2) is 32.4 Å². The molecule has 0 aliphatic rings. The third kappa shape index (κ3) is 3.87. The van der Waals surface area contributed by atoms with Gasteiger partial charge in [-0.15, -0.1) is 0 Å². The van der Waals surface area contributed by atoms with Crippen LogP contribution in [-0.2, 0) is 16.6 Å². The van der Waals surface area contributed by atoms with Gasteiger partial charge in [-0.2, -0.15) is 4.31 Å². The normalized spacial score (nSPS) is 13.9. The van der Waals surface area contributed by atoms with Crippen LogP contribution in [0.25, 0.3) is 0 Å². The van der Waals surface area contributed by atoms with Crippen molar-refractivity contribution in [2.45, 2.75) is 64.9 Å². The Labute approximate surface area is 128 Å². The van der Waals surface area contributed by atoms with E-state index < -0.39 is 10.0 Å². The van der Waals surface area contributed by atoms with Gasteiger partial charge in [0, 0.05) is 25.2 Å². The van der Waals surface area contributed by atoms with Crippen molar-refractivity contribution in [1.82, 2.24) is 9.62 Å². The first-order valence-electron chi connectivity index (χ1n) is 7.54. The fraction of sp³-hybridized carbons (Fsp3) is 0.733. The van der Waals surface area contributed by atoms with E-state index >= 15 is 0 Å². The molecule has 1 aromatic rings. The Morgan fingerprint density at radius 2 is 1.86 bits per heavy atom. The third-order valence-corrected chi connectivity index (χ3v) is 6.01. The Morgan fingerprint density at radius 3 is 2.38 bits per heavy atom. The molecule has 1 aromatic heterocycles. The van der Waals surface area contributed by atoms with Gasteiger partial charge in [0.1, 0.15) is 16.4 Å². The van der Waals surface area contributed by atoms with Crippen molar-refractivity contribution in [3.8, 4) is 0 Å². The molecular formula is C15H28N2O3S. The first-order valence-corrected chi connectivity index (χ1v) is 8.98. The first kappa shape index (κ1) is 18.2. The van der Waals surface area contributed by atoms with Gasteiger partial charge in [-0.1, -0.05) is 20.3 Å². The van der Waals surface area contributed by atoms with Crippen LogP contribution < -0.4 is 5.32 Å². The maximum absolute atomic E-state index is 12.9. The molecule has 0 amide bonds. The molecule has 122 valence electrons. The van der Waals surface area contributed by atoms with Crippen molar-refractivity contribution in [3.63, 3.8) is 0 Å². The molecule has 21 heavy (non-hydrogen) atoms. The summed E-state index contributed by atoms with van der Waals surface area (Å²) in [6.45, 7) is 10.8. The summed E-state index contributed by atoms with van der Waals surface area (Å²) in [5, 5.41) is 3.18. The van der Waals surface area contributed by atoms with Crippen LogP contribution in [0.2, 0.25) is 0 Å². The Morgan fingerprint density at radius 1 is 1.24 bits per heavy atom. The fourth-order valence-corrected chi connectivity index (χ4v) is 4.28. The molecule has 0 saturated carbocycles. The van der Waals surface area contributed by atoms with Crippen LogP contribution in [0, 0.1) is 13.8 Å². The zero-order chi connectivity index (χ0) is 16.2. The first-order chi connectivity index (χ1) is 9.77. The van der Waals surface area contributed by atoms with E-state index in [9.17, 15) is 8.42 Å². The van der Waals surface area contributed by atoms with Crippen molar-refractivity contribution in [3.05, 3.63) is 17.1 Å². The minimum Gasteiger partial charge on any atom is -0.465 e. The molecular weight excluding hydrogens is 288 g/mol. The number of furan rings is 1. The van der Waals surface area contributed by atoms with Crippen LogP contribution in [0.5, 0.6) is 0 Å². The lowest BCUT2D eigenvalue weighted by Crippen LogP contribution is -2.35. The van der Waals surface area contributed by atoms with E-state index in [0.29, 0.717) is 23.0 Å². The van der Waals surface area contributed by atoms with E-state index in [0.717, 1.165) is 24.9 Å². The monoisotopic (exact) mass is 316 g/mol. The van der Waals surface area contributed by atoms with E-state index in [-0.39, 0.29) is 6.04 Å². The molecule has 0 aliphatic heterocycles. The highest BCUT2D eigenvalue weighted by molar-refractivity contribution is 7.89. The third-order valence-electron chi connectivity index (χ3n) is 3.84. The van der Waals surface area contributed by atoms with Gasteiger partial charge in [0.15, 0.2) is 0 Å². The average molecular weight is 316 g/mol. The average Bonchev–Trinajstić information content (AvgIpc) is 2.70. The standard InChI is InChI=1S/C15H28N2O3S/c1-7-9-11(3)17(6)21(18,19)15-13(5)20-12(4)14(15)10-16-8-2/h11,16H,7-10H2,1-6H3. The van der Waals surface area contributed by atoms with Gasteiger partial charge in [0.2, 0.25) is 10.0 Å².